The number of rotatable bonds is 2. The SMILES string of the molecule is CC[C@H]1CC2CC(C)(C)C[C@]2(CC#N)C1. The van der Waals surface area contributed by atoms with Gasteiger partial charge in [0.15, 0.2) is 0 Å². The van der Waals surface area contributed by atoms with Crippen molar-refractivity contribution in [2.45, 2.75) is 59.3 Å². The Morgan fingerprint density at radius 3 is 2.67 bits per heavy atom. The van der Waals surface area contributed by atoms with E-state index in [1.807, 2.05) is 0 Å². The molecular weight excluding hydrogens is 182 g/mol. The van der Waals surface area contributed by atoms with Crippen molar-refractivity contribution in [2.75, 3.05) is 0 Å². The molecule has 3 atom stereocenters. The normalized spacial score (nSPS) is 42.5. The molecule has 1 unspecified atom stereocenters. The van der Waals surface area contributed by atoms with Crippen molar-refractivity contribution in [3.8, 4) is 6.07 Å². The molecule has 1 nitrogen and oxygen atoms in total. The van der Waals surface area contributed by atoms with Crippen molar-refractivity contribution in [2.24, 2.45) is 22.7 Å². The van der Waals surface area contributed by atoms with E-state index in [9.17, 15) is 0 Å². The molecule has 0 amide bonds. The molecule has 0 heterocycles. The Morgan fingerprint density at radius 1 is 1.33 bits per heavy atom. The Hall–Kier alpha value is -0.510. The van der Waals surface area contributed by atoms with Crippen LogP contribution in [0.25, 0.3) is 0 Å². The van der Waals surface area contributed by atoms with Gasteiger partial charge in [-0.1, -0.05) is 27.2 Å². The summed E-state index contributed by atoms with van der Waals surface area (Å²) < 4.78 is 0. The number of fused-ring (bicyclic) bond motifs is 1. The highest BCUT2D eigenvalue weighted by atomic mass is 14.6. The minimum atomic E-state index is 0.402. The molecule has 2 aliphatic carbocycles. The molecule has 0 aromatic heterocycles. The maximum Gasteiger partial charge on any atom is 0.0627 e. The van der Waals surface area contributed by atoms with Crippen LogP contribution in [0.4, 0.5) is 0 Å². The highest BCUT2D eigenvalue weighted by molar-refractivity contribution is 5.07. The van der Waals surface area contributed by atoms with Crippen LogP contribution >= 0.6 is 0 Å². The van der Waals surface area contributed by atoms with Crippen molar-refractivity contribution in [1.29, 1.82) is 5.26 Å². The monoisotopic (exact) mass is 205 g/mol. The second-order valence-electron chi connectivity index (χ2n) is 6.65. The highest BCUT2D eigenvalue weighted by Gasteiger charge is 2.54. The lowest BCUT2D eigenvalue weighted by Crippen LogP contribution is -2.20. The van der Waals surface area contributed by atoms with E-state index in [1.165, 1.54) is 32.1 Å². The van der Waals surface area contributed by atoms with Crippen LogP contribution < -0.4 is 0 Å². The van der Waals surface area contributed by atoms with Crippen LogP contribution in [0.3, 0.4) is 0 Å². The zero-order valence-electron chi connectivity index (χ0n) is 10.3. The van der Waals surface area contributed by atoms with Crippen LogP contribution in [-0.4, -0.2) is 0 Å². The number of hydrogen-bond acceptors (Lipinski definition) is 1. The topological polar surface area (TPSA) is 23.8 Å². The fraction of sp³-hybridized carbons (Fsp3) is 0.929. The van der Waals surface area contributed by atoms with E-state index in [0.717, 1.165) is 18.3 Å². The second kappa shape index (κ2) is 3.51. The highest BCUT2D eigenvalue weighted by Crippen LogP contribution is 2.64. The molecule has 2 rings (SSSR count). The molecule has 0 aromatic carbocycles. The third-order valence-electron chi connectivity index (χ3n) is 4.82. The summed E-state index contributed by atoms with van der Waals surface area (Å²) in [7, 11) is 0. The first-order valence-corrected chi connectivity index (χ1v) is 6.38. The smallest absolute Gasteiger partial charge is 0.0627 e. The molecule has 0 aliphatic heterocycles. The van der Waals surface area contributed by atoms with Gasteiger partial charge in [0.05, 0.1) is 6.07 Å². The van der Waals surface area contributed by atoms with Gasteiger partial charge in [-0.15, -0.1) is 0 Å². The predicted molar refractivity (Wildman–Crippen MR) is 62.2 cm³/mol. The van der Waals surface area contributed by atoms with Crippen LogP contribution in [-0.2, 0) is 0 Å². The lowest BCUT2D eigenvalue weighted by Gasteiger charge is -2.28. The molecule has 0 radical (unpaired) electrons. The lowest BCUT2D eigenvalue weighted by molar-refractivity contribution is 0.223. The molecule has 0 aromatic rings. The summed E-state index contributed by atoms with van der Waals surface area (Å²) in [4.78, 5) is 0. The third-order valence-corrected chi connectivity index (χ3v) is 4.82. The van der Waals surface area contributed by atoms with E-state index < -0.39 is 0 Å². The molecule has 0 saturated heterocycles. The maximum absolute atomic E-state index is 9.05. The number of nitriles is 1. The fourth-order valence-electron chi connectivity index (χ4n) is 4.43. The molecule has 2 fully saturated rings. The Bertz CT molecular complexity index is 286. The zero-order chi connectivity index (χ0) is 11.1. The molecule has 84 valence electrons. The van der Waals surface area contributed by atoms with Gasteiger partial charge in [-0.3, -0.25) is 0 Å². The first-order chi connectivity index (χ1) is 7.01. The van der Waals surface area contributed by atoms with E-state index in [4.69, 9.17) is 5.26 Å². The molecular formula is C14H23N. The quantitative estimate of drug-likeness (QED) is 0.664. The summed E-state index contributed by atoms with van der Waals surface area (Å²) in [5.74, 6) is 1.75. The number of hydrogen-bond donors (Lipinski definition) is 0. The summed E-state index contributed by atoms with van der Waals surface area (Å²) in [6, 6.07) is 2.45. The largest absolute Gasteiger partial charge is 0.198 e. The van der Waals surface area contributed by atoms with Gasteiger partial charge in [0, 0.05) is 6.42 Å². The van der Waals surface area contributed by atoms with Crippen molar-refractivity contribution >= 4 is 0 Å². The van der Waals surface area contributed by atoms with Gasteiger partial charge in [-0.05, 0) is 48.3 Å². The van der Waals surface area contributed by atoms with E-state index in [2.05, 4.69) is 26.8 Å². The van der Waals surface area contributed by atoms with E-state index in [0.29, 0.717) is 10.8 Å². The second-order valence-corrected chi connectivity index (χ2v) is 6.65. The minimum Gasteiger partial charge on any atom is -0.198 e. The Labute approximate surface area is 93.9 Å². The van der Waals surface area contributed by atoms with Gasteiger partial charge in [-0.25, -0.2) is 0 Å². The number of nitrogens with zero attached hydrogens (tertiary/aromatic N) is 1. The van der Waals surface area contributed by atoms with Crippen LogP contribution in [0.1, 0.15) is 59.3 Å². The molecule has 15 heavy (non-hydrogen) atoms. The molecule has 0 spiro atoms. The van der Waals surface area contributed by atoms with Gasteiger partial charge in [0.1, 0.15) is 0 Å². The summed E-state index contributed by atoms with van der Waals surface area (Å²) >= 11 is 0. The Kier molecular flexibility index (Phi) is 2.57. The molecule has 0 N–H and O–H groups in total. The zero-order valence-corrected chi connectivity index (χ0v) is 10.3. The predicted octanol–water partition coefficient (Wildman–Crippen LogP) is 4.14. The summed E-state index contributed by atoms with van der Waals surface area (Å²) in [6.07, 6.45) is 7.47. The van der Waals surface area contributed by atoms with Crippen molar-refractivity contribution in [3.63, 3.8) is 0 Å². The maximum atomic E-state index is 9.05. The minimum absolute atomic E-state index is 0.402. The average Bonchev–Trinajstić information content (AvgIpc) is 2.53. The molecule has 2 saturated carbocycles. The summed E-state index contributed by atoms with van der Waals surface area (Å²) in [6.45, 7) is 7.06. The average molecular weight is 205 g/mol. The molecule has 0 bridgehead atoms. The fourth-order valence-corrected chi connectivity index (χ4v) is 4.43. The van der Waals surface area contributed by atoms with Gasteiger partial charge in [0.2, 0.25) is 0 Å². The van der Waals surface area contributed by atoms with E-state index in [-0.39, 0.29) is 0 Å². The summed E-state index contributed by atoms with van der Waals surface area (Å²) in [5.41, 5.74) is 0.888. The van der Waals surface area contributed by atoms with Crippen LogP contribution in [0.15, 0.2) is 0 Å². The van der Waals surface area contributed by atoms with E-state index in [1.54, 1.807) is 0 Å². The standard InChI is InChI=1S/C14H23N/c1-4-11-7-12-9-13(2,3)10-14(12,8-11)5-6-15/h11-12H,4-5,7-10H2,1-3H3/t11-,12?,14-/m0/s1. The first kappa shape index (κ1) is 11.0. The van der Waals surface area contributed by atoms with Crippen LogP contribution in [0.2, 0.25) is 0 Å². The van der Waals surface area contributed by atoms with Crippen LogP contribution in [0.5, 0.6) is 0 Å². The first-order valence-electron chi connectivity index (χ1n) is 6.38. The molecule has 2 aliphatic rings. The molecule has 1 heteroatoms. The van der Waals surface area contributed by atoms with E-state index >= 15 is 0 Å². The van der Waals surface area contributed by atoms with Gasteiger partial charge < -0.3 is 0 Å². The Morgan fingerprint density at radius 2 is 2.07 bits per heavy atom. The lowest BCUT2D eigenvalue weighted by atomic mass is 9.75. The van der Waals surface area contributed by atoms with Crippen molar-refractivity contribution < 1.29 is 0 Å². The Balaban J connectivity index is 2.19. The van der Waals surface area contributed by atoms with Crippen molar-refractivity contribution in [1.82, 2.24) is 0 Å². The van der Waals surface area contributed by atoms with Gasteiger partial charge in [0.25, 0.3) is 0 Å². The third kappa shape index (κ3) is 1.80. The van der Waals surface area contributed by atoms with Gasteiger partial charge >= 0.3 is 0 Å². The van der Waals surface area contributed by atoms with Crippen molar-refractivity contribution in [3.05, 3.63) is 0 Å². The summed E-state index contributed by atoms with van der Waals surface area (Å²) in [5, 5.41) is 9.05. The van der Waals surface area contributed by atoms with Crippen LogP contribution in [0, 0.1) is 34.0 Å². The van der Waals surface area contributed by atoms with Gasteiger partial charge in [-0.2, -0.15) is 5.26 Å².